The molecule has 1 aromatic heterocycles. The van der Waals surface area contributed by atoms with E-state index in [1.807, 2.05) is 23.7 Å². The first-order valence-corrected chi connectivity index (χ1v) is 5.60. The van der Waals surface area contributed by atoms with Crippen LogP contribution in [-0.2, 0) is 20.1 Å². The van der Waals surface area contributed by atoms with E-state index in [0.717, 1.165) is 11.4 Å². The van der Waals surface area contributed by atoms with Crippen molar-refractivity contribution in [2.75, 3.05) is 7.11 Å². The Labute approximate surface area is 105 Å². The van der Waals surface area contributed by atoms with Crippen molar-refractivity contribution in [1.82, 2.24) is 20.1 Å². The molecule has 0 bridgehead atoms. The number of aryl methyl sites for hydroxylation is 1. The maximum Gasteiger partial charge on any atom is 0.146 e. The van der Waals surface area contributed by atoms with Gasteiger partial charge >= 0.3 is 0 Å². The molecule has 0 unspecified atom stereocenters. The number of phenolic OH excluding ortho intramolecular Hbond substituents is 1. The molecule has 1 aromatic carbocycles. The maximum atomic E-state index is 9.78. The number of hydrogen-bond donors (Lipinski definition) is 2. The summed E-state index contributed by atoms with van der Waals surface area (Å²) in [5, 5.41) is 20.7. The summed E-state index contributed by atoms with van der Waals surface area (Å²) in [6.45, 7) is 1.16. The predicted molar refractivity (Wildman–Crippen MR) is 66.2 cm³/mol. The molecule has 0 radical (unpaired) electrons. The Morgan fingerprint density at radius 2 is 2.22 bits per heavy atom. The van der Waals surface area contributed by atoms with Gasteiger partial charge in [0, 0.05) is 25.2 Å². The van der Waals surface area contributed by atoms with Gasteiger partial charge in [0.15, 0.2) is 0 Å². The Balaban J connectivity index is 1.92. The van der Waals surface area contributed by atoms with Gasteiger partial charge in [-0.3, -0.25) is 0 Å². The van der Waals surface area contributed by atoms with Gasteiger partial charge in [-0.25, -0.2) is 0 Å². The number of hydrogen-bond acceptors (Lipinski definition) is 5. The summed E-state index contributed by atoms with van der Waals surface area (Å²) in [4.78, 5) is 0. The van der Waals surface area contributed by atoms with Gasteiger partial charge in [-0.2, -0.15) is 0 Å². The van der Waals surface area contributed by atoms with Gasteiger partial charge < -0.3 is 19.7 Å². The van der Waals surface area contributed by atoms with Crippen molar-refractivity contribution in [1.29, 1.82) is 0 Å². The van der Waals surface area contributed by atoms with Gasteiger partial charge in [0.05, 0.1) is 13.7 Å². The molecule has 0 aliphatic carbocycles. The van der Waals surface area contributed by atoms with Gasteiger partial charge in [0.2, 0.25) is 0 Å². The number of methoxy groups -OCH3 is 1. The van der Waals surface area contributed by atoms with Crippen LogP contribution in [0.1, 0.15) is 11.4 Å². The van der Waals surface area contributed by atoms with Crippen LogP contribution < -0.4 is 10.1 Å². The van der Waals surface area contributed by atoms with Crippen molar-refractivity contribution in [3.8, 4) is 11.5 Å². The lowest BCUT2D eigenvalue weighted by Crippen LogP contribution is -2.15. The topological polar surface area (TPSA) is 72.2 Å². The van der Waals surface area contributed by atoms with Crippen molar-refractivity contribution >= 4 is 0 Å². The summed E-state index contributed by atoms with van der Waals surface area (Å²) < 4.78 is 6.88. The number of benzene rings is 1. The highest BCUT2D eigenvalue weighted by atomic mass is 16.5. The summed E-state index contributed by atoms with van der Waals surface area (Å²) in [6, 6.07) is 5.25. The molecule has 18 heavy (non-hydrogen) atoms. The SMILES string of the molecule is COc1ccc(CNCc2nncn2C)c(O)c1. The second-order valence-electron chi connectivity index (χ2n) is 3.96. The van der Waals surface area contributed by atoms with Crippen molar-refractivity contribution in [2.45, 2.75) is 13.1 Å². The zero-order chi connectivity index (χ0) is 13.0. The minimum atomic E-state index is 0.222. The third-order valence-corrected chi connectivity index (χ3v) is 2.70. The molecule has 2 aromatic rings. The number of aromatic hydroxyl groups is 1. The fraction of sp³-hybridized carbons (Fsp3) is 0.333. The molecule has 6 heteroatoms. The van der Waals surface area contributed by atoms with Gasteiger partial charge in [-0.15, -0.1) is 10.2 Å². The van der Waals surface area contributed by atoms with Crippen molar-refractivity contribution in [3.05, 3.63) is 35.9 Å². The lowest BCUT2D eigenvalue weighted by Gasteiger charge is -2.08. The van der Waals surface area contributed by atoms with E-state index >= 15 is 0 Å². The van der Waals surface area contributed by atoms with E-state index in [1.54, 1.807) is 19.5 Å². The average molecular weight is 248 g/mol. The number of nitrogens with one attached hydrogen (secondary N) is 1. The highest BCUT2D eigenvalue weighted by Crippen LogP contribution is 2.23. The molecular formula is C12H16N4O2. The molecule has 0 atom stereocenters. The number of phenols is 1. The first-order valence-electron chi connectivity index (χ1n) is 5.60. The summed E-state index contributed by atoms with van der Waals surface area (Å²) in [5.41, 5.74) is 0.818. The Bertz CT molecular complexity index is 525. The number of nitrogens with zero attached hydrogens (tertiary/aromatic N) is 3. The molecular weight excluding hydrogens is 232 g/mol. The normalized spacial score (nSPS) is 10.6. The van der Waals surface area contributed by atoms with Crippen LogP contribution in [0.3, 0.4) is 0 Å². The van der Waals surface area contributed by atoms with Crippen molar-refractivity contribution < 1.29 is 9.84 Å². The van der Waals surface area contributed by atoms with E-state index in [4.69, 9.17) is 4.74 Å². The number of rotatable bonds is 5. The molecule has 0 spiro atoms. The van der Waals surface area contributed by atoms with Crippen LogP contribution in [-0.4, -0.2) is 27.0 Å². The molecule has 0 fully saturated rings. The minimum Gasteiger partial charge on any atom is -0.507 e. The van der Waals surface area contributed by atoms with Crippen LogP contribution in [0, 0.1) is 0 Å². The lowest BCUT2D eigenvalue weighted by molar-refractivity contribution is 0.406. The molecule has 0 amide bonds. The van der Waals surface area contributed by atoms with Gasteiger partial charge in [0.25, 0.3) is 0 Å². The molecule has 0 aliphatic heterocycles. The monoisotopic (exact) mass is 248 g/mol. The Kier molecular flexibility index (Phi) is 3.78. The minimum absolute atomic E-state index is 0.222. The van der Waals surface area contributed by atoms with Crippen LogP contribution in [0.2, 0.25) is 0 Å². The zero-order valence-electron chi connectivity index (χ0n) is 10.4. The smallest absolute Gasteiger partial charge is 0.146 e. The third-order valence-electron chi connectivity index (χ3n) is 2.70. The number of aromatic nitrogens is 3. The largest absolute Gasteiger partial charge is 0.507 e. The Hall–Kier alpha value is -2.08. The Morgan fingerprint density at radius 3 is 2.83 bits per heavy atom. The van der Waals surface area contributed by atoms with Crippen LogP contribution >= 0.6 is 0 Å². The lowest BCUT2D eigenvalue weighted by atomic mass is 10.2. The molecule has 6 nitrogen and oxygen atoms in total. The first kappa shape index (κ1) is 12.4. The summed E-state index contributed by atoms with van der Waals surface area (Å²) in [7, 11) is 3.46. The molecule has 0 aliphatic rings. The van der Waals surface area contributed by atoms with E-state index in [9.17, 15) is 5.11 Å². The summed E-state index contributed by atoms with van der Waals surface area (Å²) in [5.74, 6) is 1.72. The second kappa shape index (κ2) is 5.50. The molecule has 0 saturated carbocycles. The zero-order valence-corrected chi connectivity index (χ0v) is 10.4. The summed E-state index contributed by atoms with van der Waals surface area (Å²) >= 11 is 0. The molecule has 2 rings (SSSR count). The van der Waals surface area contributed by atoms with Crippen LogP contribution in [0.5, 0.6) is 11.5 Å². The van der Waals surface area contributed by atoms with Crippen LogP contribution in [0.25, 0.3) is 0 Å². The fourth-order valence-corrected chi connectivity index (χ4v) is 1.60. The van der Waals surface area contributed by atoms with Crippen molar-refractivity contribution in [2.24, 2.45) is 7.05 Å². The number of ether oxygens (including phenoxy) is 1. The standard InChI is InChI=1S/C12H16N4O2/c1-16-8-14-15-12(16)7-13-6-9-3-4-10(18-2)5-11(9)17/h3-5,8,13,17H,6-7H2,1-2H3. The quantitative estimate of drug-likeness (QED) is 0.819. The predicted octanol–water partition coefficient (Wildman–Crippen LogP) is 0.819. The first-order chi connectivity index (χ1) is 8.70. The summed E-state index contributed by atoms with van der Waals surface area (Å²) in [6.07, 6.45) is 1.65. The average Bonchev–Trinajstić information content (AvgIpc) is 2.77. The third kappa shape index (κ3) is 2.78. The van der Waals surface area contributed by atoms with E-state index in [-0.39, 0.29) is 5.75 Å². The highest BCUT2D eigenvalue weighted by Gasteiger charge is 2.04. The fourth-order valence-electron chi connectivity index (χ4n) is 1.60. The molecule has 96 valence electrons. The molecule has 1 heterocycles. The molecule has 2 N–H and O–H groups in total. The van der Waals surface area contributed by atoms with E-state index in [1.165, 1.54) is 0 Å². The van der Waals surface area contributed by atoms with E-state index in [2.05, 4.69) is 15.5 Å². The highest BCUT2D eigenvalue weighted by molar-refractivity contribution is 5.39. The Morgan fingerprint density at radius 1 is 1.39 bits per heavy atom. The second-order valence-corrected chi connectivity index (χ2v) is 3.96. The molecule has 0 saturated heterocycles. The van der Waals surface area contributed by atoms with Gasteiger partial charge in [-0.05, 0) is 6.07 Å². The van der Waals surface area contributed by atoms with E-state index < -0.39 is 0 Å². The van der Waals surface area contributed by atoms with Crippen molar-refractivity contribution in [3.63, 3.8) is 0 Å². The van der Waals surface area contributed by atoms with Gasteiger partial charge in [0.1, 0.15) is 23.7 Å². The van der Waals surface area contributed by atoms with Gasteiger partial charge in [-0.1, -0.05) is 6.07 Å². The van der Waals surface area contributed by atoms with Crippen LogP contribution in [0.15, 0.2) is 24.5 Å². The van der Waals surface area contributed by atoms with Crippen LogP contribution in [0.4, 0.5) is 0 Å². The van der Waals surface area contributed by atoms with E-state index in [0.29, 0.717) is 18.8 Å². The maximum absolute atomic E-state index is 9.78.